The number of thiazole rings is 1. The van der Waals surface area contributed by atoms with E-state index in [4.69, 9.17) is 5.73 Å². The maximum Gasteiger partial charge on any atom is 0.241 e. The van der Waals surface area contributed by atoms with Gasteiger partial charge in [-0.1, -0.05) is 6.07 Å². The molecule has 0 aliphatic rings. The molecule has 0 saturated heterocycles. The minimum atomic E-state index is -0.436. The summed E-state index contributed by atoms with van der Waals surface area (Å²) in [5, 5.41) is 0. The van der Waals surface area contributed by atoms with Crippen LogP contribution in [0.2, 0.25) is 0 Å². The van der Waals surface area contributed by atoms with Crippen LogP contribution in [0.3, 0.4) is 0 Å². The first kappa shape index (κ1) is 8.90. The van der Waals surface area contributed by atoms with Crippen LogP contribution >= 0.6 is 11.3 Å². The molecular weight excluding hydrogens is 196 g/mol. The third kappa shape index (κ3) is 1.80. The van der Waals surface area contributed by atoms with E-state index >= 15 is 0 Å². The Bertz CT molecular complexity index is 502. The zero-order chi connectivity index (χ0) is 9.97. The molecular formula is C10H8N2OS. The third-order valence-corrected chi connectivity index (χ3v) is 2.59. The lowest BCUT2D eigenvalue weighted by Gasteiger charge is -1.92. The summed E-state index contributed by atoms with van der Waals surface area (Å²) in [5.41, 5.74) is 8.73. The van der Waals surface area contributed by atoms with Gasteiger partial charge in [0.15, 0.2) is 0 Å². The minimum absolute atomic E-state index is 0.436. The topological polar surface area (TPSA) is 56.0 Å². The molecule has 2 aromatic rings. The number of amides is 1. The Labute approximate surface area is 84.9 Å². The first-order valence-electron chi connectivity index (χ1n) is 4.06. The molecule has 2 N–H and O–H groups in total. The van der Waals surface area contributed by atoms with Gasteiger partial charge < -0.3 is 5.73 Å². The Hall–Kier alpha value is -1.68. The molecule has 0 spiro atoms. The molecule has 3 nitrogen and oxygen atoms in total. The van der Waals surface area contributed by atoms with E-state index in [0.29, 0.717) is 0 Å². The Morgan fingerprint density at radius 2 is 2.36 bits per heavy atom. The Morgan fingerprint density at radius 3 is 3.14 bits per heavy atom. The SMILES string of the molecule is NC(=O)C=Cc1ccc2ncsc2c1. The summed E-state index contributed by atoms with van der Waals surface area (Å²) in [6, 6.07) is 5.81. The standard InChI is InChI=1S/C10H8N2OS/c11-10(13)4-2-7-1-3-8-9(5-7)14-6-12-8/h1-6H,(H2,11,13). The number of hydrogen-bond acceptors (Lipinski definition) is 3. The van der Waals surface area contributed by atoms with E-state index in [9.17, 15) is 4.79 Å². The van der Waals surface area contributed by atoms with E-state index in [1.807, 2.05) is 18.2 Å². The number of nitrogens with zero attached hydrogens (tertiary/aromatic N) is 1. The molecule has 70 valence electrons. The van der Waals surface area contributed by atoms with Crippen molar-refractivity contribution in [2.24, 2.45) is 5.73 Å². The zero-order valence-corrected chi connectivity index (χ0v) is 8.12. The molecule has 0 bridgehead atoms. The molecule has 0 radical (unpaired) electrons. The van der Waals surface area contributed by atoms with Crippen LogP contribution < -0.4 is 5.73 Å². The van der Waals surface area contributed by atoms with Crippen LogP contribution in [0.25, 0.3) is 16.3 Å². The lowest BCUT2D eigenvalue weighted by atomic mass is 10.2. The van der Waals surface area contributed by atoms with Crippen molar-refractivity contribution >= 4 is 33.5 Å². The van der Waals surface area contributed by atoms with Crippen LogP contribution in [0.5, 0.6) is 0 Å². The normalized spacial score (nSPS) is 11.1. The molecule has 2 rings (SSSR count). The second kappa shape index (κ2) is 3.59. The Balaban J connectivity index is 2.39. The molecule has 0 unspecified atom stereocenters. The van der Waals surface area contributed by atoms with E-state index in [1.54, 1.807) is 22.9 Å². The number of carbonyl (C=O) groups is 1. The summed E-state index contributed by atoms with van der Waals surface area (Å²) in [7, 11) is 0. The van der Waals surface area contributed by atoms with E-state index in [0.717, 1.165) is 15.8 Å². The number of benzene rings is 1. The van der Waals surface area contributed by atoms with Crippen molar-refractivity contribution in [1.82, 2.24) is 4.98 Å². The molecule has 1 heterocycles. The molecule has 0 saturated carbocycles. The second-order valence-electron chi connectivity index (χ2n) is 2.82. The van der Waals surface area contributed by atoms with E-state index in [2.05, 4.69) is 4.98 Å². The lowest BCUT2D eigenvalue weighted by Crippen LogP contribution is -2.04. The first-order chi connectivity index (χ1) is 6.75. The van der Waals surface area contributed by atoms with Crippen LogP contribution in [0.1, 0.15) is 5.56 Å². The monoisotopic (exact) mass is 204 g/mol. The fourth-order valence-electron chi connectivity index (χ4n) is 1.15. The minimum Gasteiger partial charge on any atom is -0.366 e. The van der Waals surface area contributed by atoms with Crippen LogP contribution in [-0.2, 0) is 4.79 Å². The second-order valence-corrected chi connectivity index (χ2v) is 3.70. The molecule has 1 aromatic carbocycles. The van der Waals surface area contributed by atoms with E-state index in [1.165, 1.54) is 6.08 Å². The predicted molar refractivity (Wildman–Crippen MR) is 57.8 cm³/mol. The van der Waals surface area contributed by atoms with Crippen LogP contribution in [0.15, 0.2) is 29.8 Å². The van der Waals surface area contributed by atoms with E-state index in [-0.39, 0.29) is 0 Å². The largest absolute Gasteiger partial charge is 0.366 e. The Morgan fingerprint density at radius 1 is 1.50 bits per heavy atom. The molecule has 0 atom stereocenters. The zero-order valence-electron chi connectivity index (χ0n) is 7.31. The quantitative estimate of drug-likeness (QED) is 0.758. The molecule has 1 aromatic heterocycles. The number of aromatic nitrogens is 1. The number of hydrogen-bond donors (Lipinski definition) is 1. The number of nitrogens with two attached hydrogens (primary N) is 1. The fraction of sp³-hybridized carbons (Fsp3) is 0. The lowest BCUT2D eigenvalue weighted by molar-refractivity contribution is -0.113. The van der Waals surface area contributed by atoms with Crippen molar-refractivity contribution in [3.05, 3.63) is 35.3 Å². The van der Waals surface area contributed by atoms with Gasteiger partial charge in [-0.2, -0.15) is 0 Å². The molecule has 0 aliphatic carbocycles. The fourth-order valence-corrected chi connectivity index (χ4v) is 1.88. The third-order valence-electron chi connectivity index (χ3n) is 1.80. The van der Waals surface area contributed by atoms with Crippen molar-refractivity contribution in [3.8, 4) is 0 Å². The highest BCUT2D eigenvalue weighted by molar-refractivity contribution is 7.16. The average Bonchev–Trinajstić information content (AvgIpc) is 2.61. The van der Waals surface area contributed by atoms with Gasteiger partial charge in [0.25, 0.3) is 0 Å². The van der Waals surface area contributed by atoms with Gasteiger partial charge in [-0.05, 0) is 23.8 Å². The highest BCUT2D eigenvalue weighted by Gasteiger charge is 1.96. The summed E-state index contributed by atoms with van der Waals surface area (Å²) in [5.74, 6) is -0.436. The van der Waals surface area contributed by atoms with E-state index < -0.39 is 5.91 Å². The van der Waals surface area contributed by atoms with Crippen molar-refractivity contribution < 1.29 is 4.79 Å². The predicted octanol–water partition coefficient (Wildman–Crippen LogP) is 1.79. The van der Waals surface area contributed by atoms with Gasteiger partial charge in [0.05, 0.1) is 15.7 Å². The highest BCUT2D eigenvalue weighted by atomic mass is 32.1. The van der Waals surface area contributed by atoms with Gasteiger partial charge in [-0.3, -0.25) is 4.79 Å². The van der Waals surface area contributed by atoms with Crippen LogP contribution in [0, 0.1) is 0 Å². The maximum absolute atomic E-state index is 10.5. The van der Waals surface area contributed by atoms with Gasteiger partial charge in [0.2, 0.25) is 5.91 Å². The molecule has 4 heteroatoms. The number of carbonyl (C=O) groups excluding carboxylic acids is 1. The highest BCUT2D eigenvalue weighted by Crippen LogP contribution is 2.19. The van der Waals surface area contributed by atoms with Gasteiger partial charge in [0.1, 0.15) is 0 Å². The Kier molecular flexibility index (Phi) is 2.28. The summed E-state index contributed by atoms with van der Waals surface area (Å²) in [6.07, 6.45) is 3.05. The van der Waals surface area contributed by atoms with Crippen molar-refractivity contribution in [3.63, 3.8) is 0 Å². The van der Waals surface area contributed by atoms with Gasteiger partial charge in [-0.25, -0.2) is 4.98 Å². The van der Waals surface area contributed by atoms with Crippen LogP contribution in [-0.4, -0.2) is 10.9 Å². The van der Waals surface area contributed by atoms with Gasteiger partial charge in [0, 0.05) is 6.08 Å². The smallest absolute Gasteiger partial charge is 0.241 e. The van der Waals surface area contributed by atoms with Crippen molar-refractivity contribution in [2.75, 3.05) is 0 Å². The van der Waals surface area contributed by atoms with Crippen LogP contribution in [0.4, 0.5) is 0 Å². The van der Waals surface area contributed by atoms with Crippen molar-refractivity contribution in [1.29, 1.82) is 0 Å². The number of fused-ring (bicyclic) bond motifs is 1. The molecule has 0 fully saturated rings. The summed E-state index contributed by atoms with van der Waals surface area (Å²) in [4.78, 5) is 14.7. The summed E-state index contributed by atoms with van der Waals surface area (Å²) < 4.78 is 1.11. The summed E-state index contributed by atoms with van der Waals surface area (Å²) in [6.45, 7) is 0. The van der Waals surface area contributed by atoms with Crippen molar-refractivity contribution in [2.45, 2.75) is 0 Å². The first-order valence-corrected chi connectivity index (χ1v) is 4.94. The number of primary amides is 1. The van der Waals surface area contributed by atoms with Gasteiger partial charge in [-0.15, -0.1) is 11.3 Å². The molecule has 1 amide bonds. The molecule has 0 aliphatic heterocycles. The average molecular weight is 204 g/mol. The van der Waals surface area contributed by atoms with Gasteiger partial charge >= 0.3 is 0 Å². The number of rotatable bonds is 2. The molecule has 14 heavy (non-hydrogen) atoms. The summed E-state index contributed by atoms with van der Waals surface area (Å²) >= 11 is 1.57. The maximum atomic E-state index is 10.5.